The van der Waals surface area contributed by atoms with Gasteiger partial charge < -0.3 is 27.7 Å². The Kier molecular flexibility index (Phi) is 49.9. The van der Waals surface area contributed by atoms with Crippen LogP contribution in [0.2, 0.25) is 0 Å². The van der Waals surface area contributed by atoms with Crippen LogP contribution >= 0.6 is 0 Å². The topological polar surface area (TPSA) is 80.9 Å². The van der Waals surface area contributed by atoms with E-state index in [1.54, 1.807) is 0 Å². The molecule has 0 saturated heterocycles. The molecule has 0 fully saturated rings. The number of hydrogen-bond acceptors (Lipinski definition) is 4. The Hall–Kier alpha value is 4.90. The summed E-state index contributed by atoms with van der Waals surface area (Å²) in [6, 6.07) is 0. The Labute approximate surface area is 181 Å². The molecule has 4 N–H and O–H groups in total. The van der Waals surface area contributed by atoms with Gasteiger partial charge in [0.05, 0.1) is 0 Å². The molecule has 0 heterocycles. The largest absolute Gasteiger partial charge is 2.00 e. The van der Waals surface area contributed by atoms with Gasteiger partial charge in [0, 0.05) is 0 Å². The predicted octanol–water partition coefficient (Wildman–Crippen LogP) is -4.26. The first-order valence-electron chi connectivity index (χ1n) is 0.894. The quantitative estimate of drug-likeness (QED) is 0.312. The van der Waals surface area contributed by atoms with Gasteiger partial charge in [-0.1, -0.05) is 0 Å². The summed E-state index contributed by atoms with van der Waals surface area (Å²) >= 11 is 0. The zero-order chi connectivity index (χ0) is 4.50. The van der Waals surface area contributed by atoms with Crippen molar-refractivity contribution in [2.24, 2.45) is 0 Å². The van der Waals surface area contributed by atoms with Crippen LogP contribution in [0.25, 0.3) is 0 Å². The Morgan fingerprint density at radius 1 is 1.00 bits per heavy atom. The third kappa shape index (κ3) is 63.8. The van der Waals surface area contributed by atoms with Gasteiger partial charge in [-0.05, 0) is 0 Å². The third-order valence-electron chi connectivity index (χ3n) is 0. The monoisotopic (exact) mass is 398 g/mol. The van der Waals surface area contributed by atoms with E-state index in [9.17, 15) is 0 Å². The Bertz CT molecular complexity index is 50.6. The first-order valence-corrected chi connectivity index (χ1v) is 2.68. The van der Waals surface area contributed by atoms with Crippen molar-refractivity contribution in [2.45, 2.75) is 0 Å². The summed E-state index contributed by atoms with van der Waals surface area (Å²) in [5.74, 6) is 0. The Balaban J connectivity index is -0.00000000178. The van der Waals surface area contributed by atoms with Crippen LogP contribution < -0.4 is 0 Å². The van der Waals surface area contributed by atoms with Gasteiger partial charge in [-0.2, -0.15) is 0 Å². The molecular weight excluding hydrogens is 384 g/mol. The van der Waals surface area contributed by atoms with Gasteiger partial charge >= 0.3 is 141 Å². The fourth-order valence-corrected chi connectivity index (χ4v) is 0. The molecule has 0 aromatic carbocycles. The van der Waals surface area contributed by atoms with E-state index < -0.39 is 9.05 Å². The maximum atomic E-state index is 7.33. The fourth-order valence-electron chi connectivity index (χ4n) is 0. The molecule has 0 bridgehead atoms. The van der Waals surface area contributed by atoms with E-state index in [0.29, 0.717) is 0 Å². The van der Waals surface area contributed by atoms with Crippen molar-refractivity contribution >= 4 is 159 Å². The van der Waals surface area contributed by atoms with Crippen LogP contribution in [0.5, 0.6) is 0 Å². The fraction of sp³-hybridized carbons (Fsp3) is 0. The van der Waals surface area contributed by atoms with E-state index in [4.69, 9.17) is 19.2 Å². The van der Waals surface area contributed by atoms with Crippen LogP contribution in [0.4, 0.5) is 0 Å². The molecule has 0 aliphatic rings. The number of hydrogen-bond donors (Lipinski definition) is 4. The summed E-state index contributed by atoms with van der Waals surface area (Å²) in [6.07, 6.45) is 0. The molecule has 0 saturated carbocycles. The second kappa shape index (κ2) is 15.4. The summed E-state index contributed by atoms with van der Waals surface area (Å²) in [5, 5.41) is 0. The molecule has 0 aliphatic heterocycles. The van der Waals surface area contributed by atoms with Crippen molar-refractivity contribution in [3.8, 4) is 0 Å². The van der Waals surface area contributed by atoms with Crippen LogP contribution in [-0.4, -0.2) is 178 Å². The summed E-state index contributed by atoms with van der Waals surface area (Å²) in [4.78, 5) is 29.3. The maximum absolute atomic E-state index is 7.33. The summed E-state index contributed by atoms with van der Waals surface area (Å²) < 4.78 is 0. The second-order valence-electron chi connectivity index (χ2n) is 0.600. The SMILES string of the molecule is O[Si](O)(O)O.[AlH3].[Ba+2].[Ca+2].[H-].[H-].[H-].[H-].[H-].[H-].[Sr+2]. The van der Waals surface area contributed by atoms with E-state index in [2.05, 4.69) is 0 Å². The van der Waals surface area contributed by atoms with Crippen LogP contribution in [0, 0.1) is 0 Å². The number of rotatable bonds is 0. The zero-order valence-corrected chi connectivity index (χ0v) is 15.5. The molecule has 0 rings (SSSR count). The van der Waals surface area contributed by atoms with Crippen molar-refractivity contribution in [3.05, 3.63) is 0 Å². The zero-order valence-electron chi connectivity index (χ0n) is 10.4. The van der Waals surface area contributed by atoms with E-state index >= 15 is 0 Å². The summed E-state index contributed by atoms with van der Waals surface area (Å²) in [5.41, 5.74) is 0. The molecule has 0 aliphatic carbocycles. The summed E-state index contributed by atoms with van der Waals surface area (Å²) in [7, 11) is -4.61. The normalized spacial score (nSPS) is 6.67. The van der Waals surface area contributed by atoms with Gasteiger partial charge in [0.25, 0.3) is 0 Å². The van der Waals surface area contributed by atoms with Gasteiger partial charge in [0.1, 0.15) is 0 Å². The molecule has 0 radical (unpaired) electrons. The molecule has 0 aromatic heterocycles. The molecule has 0 aromatic rings. The van der Waals surface area contributed by atoms with Gasteiger partial charge in [-0.15, -0.1) is 0 Å². The van der Waals surface area contributed by atoms with Crippen LogP contribution in [0.15, 0.2) is 0 Å². The molecule has 9 heavy (non-hydrogen) atoms. The van der Waals surface area contributed by atoms with Gasteiger partial charge in [0.2, 0.25) is 0 Å². The van der Waals surface area contributed by atoms with Crippen molar-refractivity contribution in [1.29, 1.82) is 0 Å². The molecule has 0 spiro atoms. The maximum Gasteiger partial charge on any atom is 2.00 e. The third-order valence-corrected chi connectivity index (χ3v) is 0. The van der Waals surface area contributed by atoms with E-state index in [-0.39, 0.29) is 158 Å². The van der Waals surface area contributed by atoms with E-state index in [0.717, 1.165) is 0 Å². The predicted molar refractivity (Wildman–Crippen MR) is 48.5 cm³/mol. The first kappa shape index (κ1) is 29.2. The van der Waals surface area contributed by atoms with E-state index in [1.165, 1.54) is 0 Å². The first-order chi connectivity index (χ1) is 2.00. The van der Waals surface area contributed by atoms with Crippen molar-refractivity contribution in [3.63, 3.8) is 0 Å². The Morgan fingerprint density at radius 2 is 1.00 bits per heavy atom. The molecule has 9 heteroatoms. The Morgan fingerprint density at radius 3 is 1.00 bits per heavy atom. The standard InChI is InChI=1S/Al.Ba.Ca.H4O4Si.Sr.9H/c;;;1-5(2,3)4;;;;;;;;;;/h;;;1-4H;;;;;;;;;;/q;2*+2;;+2;;;;6*-1. The molecule has 0 amide bonds. The minimum atomic E-state index is -4.61. The molecule has 0 unspecified atom stereocenters. The minimum absolute atomic E-state index is 0. The minimum Gasteiger partial charge on any atom is -1.00 e. The average Bonchev–Trinajstić information content (AvgIpc) is 0.722. The molecule has 50 valence electrons. The van der Waals surface area contributed by atoms with Crippen LogP contribution in [-0.2, 0) is 0 Å². The summed E-state index contributed by atoms with van der Waals surface area (Å²) in [6.45, 7) is 0. The van der Waals surface area contributed by atoms with Crippen molar-refractivity contribution in [1.82, 2.24) is 0 Å². The smallest absolute Gasteiger partial charge is 1.00 e. The van der Waals surface area contributed by atoms with Gasteiger partial charge in [-0.3, -0.25) is 0 Å². The molecular formula is H13AlBaCaO4SiSr. The average molecular weight is 397 g/mol. The van der Waals surface area contributed by atoms with Gasteiger partial charge in [0.15, 0.2) is 17.4 Å². The van der Waals surface area contributed by atoms with Crippen LogP contribution in [0.1, 0.15) is 8.56 Å². The van der Waals surface area contributed by atoms with Crippen LogP contribution in [0.3, 0.4) is 0 Å². The van der Waals surface area contributed by atoms with Crippen molar-refractivity contribution < 1.29 is 27.7 Å². The molecule has 0 atom stereocenters. The van der Waals surface area contributed by atoms with Crippen molar-refractivity contribution in [2.75, 3.05) is 0 Å². The molecule has 4 nitrogen and oxygen atoms in total. The van der Waals surface area contributed by atoms with E-state index in [1.807, 2.05) is 0 Å². The second-order valence-corrected chi connectivity index (χ2v) is 1.80. The van der Waals surface area contributed by atoms with Gasteiger partial charge in [-0.25, -0.2) is 0 Å².